The number of nitrogens with two attached hydrogens (primary N) is 1. The van der Waals surface area contributed by atoms with Crippen LogP contribution in [0.15, 0.2) is 24.3 Å². The van der Waals surface area contributed by atoms with Gasteiger partial charge in [-0.05, 0) is 30.4 Å². The third-order valence-electron chi connectivity index (χ3n) is 3.20. The summed E-state index contributed by atoms with van der Waals surface area (Å²) >= 11 is 0. The molecule has 0 radical (unpaired) electrons. The van der Waals surface area contributed by atoms with Crippen LogP contribution < -0.4 is 11.1 Å². The summed E-state index contributed by atoms with van der Waals surface area (Å²) in [4.78, 5) is 11.0. The minimum Gasteiger partial charge on any atom is -0.368 e. The highest BCUT2D eigenvalue weighted by Crippen LogP contribution is 2.23. The van der Waals surface area contributed by atoms with Crippen molar-refractivity contribution in [2.24, 2.45) is 5.73 Å². The Morgan fingerprint density at radius 1 is 1.17 bits per heavy atom. The molecule has 3 nitrogen and oxygen atoms in total. The van der Waals surface area contributed by atoms with E-state index in [1.165, 1.54) is 5.56 Å². The fraction of sp³-hybridized carbons (Fsp3) is 0.533. The third-order valence-corrected chi connectivity index (χ3v) is 3.20. The standard InChI is InChI=1S/C15H24N2O/c1-10(17-11(2)14(16)18)12-6-8-13(9-7-12)15(3,4)5/h6-11,17H,1-5H3,(H2,16,18). The maximum absolute atomic E-state index is 11.0. The van der Waals surface area contributed by atoms with Crippen LogP contribution in [-0.2, 0) is 10.2 Å². The van der Waals surface area contributed by atoms with E-state index < -0.39 is 0 Å². The van der Waals surface area contributed by atoms with Crippen LogP contribution in [0.4, 0.5) is 0 Å². The number of hydrogen-bond acceptors (Lipinski definition) is 2. The van der Waals surface area contributed by atoms with Gasteiger partial charge in [-0.3, -0.25) is 10.1 Å². The number of carbonyl (C=O) groups excluding carboxylic acids is 1. The minimum atomic E-state index is -0.326. The van der Waals surface area contributed by atoms with E-state index >= 15 is 0 Å². The highest BCUT2D eigenvalue weighted by atomic mass is 16.1. The average Bonchev–Trinajstić information content (AvgIpc) is 2.27. The molecule has 0 aliphatic carbocycles. The van der Waals surface area contributed by atoms with Crippen LogP contribution in [0.3, 0.4) is 0 Å². The summed E-state index contributed by atoms with van der Waals surface area (Å²) in [6.45, 7) is 10.4. The molecule has 100 valence electrons. The van der Waals surface area contributed by atoms with Crippen LogP contribution in [0, 0.1) is 0 Å². The molecule has 1 aromatic carbocycles. The SMILES string of the molecule is CC(NC(C)c1ccc(C(C)(C)C)cc1)C(N)=O. The van der Waals surface area contributed by atoms with Gasteiger partial charge >= 0.3 is 0 Å². The molecule has 2 unspecified atom stereocenters. The molecular formula is C15H24N2O. The molecule has 1 amide bonds. The molecule has 0 aliphatic heterocycles. The first-order valence-corrected chi connectivity index (χ1v) is 6.37. The van der Waals surface area contributed by atoms with Gasteiger partial charge in [0, 0.05) is 6.04 Å². The molecule has 0 aliphatic rings. The van der Waals surface area contributed by atoms with Crippen molar-refractivity contribution in [1.29, 1.82) is 0 Å². The Balaban J connectivity index is 2.76. The summed E-state index contributed by atoms with van der Waals surface area (Å²) in [6, 6.07) is 8.28. The third kappa shape index (κ3) is 3.84. The Hall–Kier alpha value is -1.35. The highest BCUT2D eigenvalue weighted by molar-refractivity contribution is 5.79. The van der Waals surface area contributed by atoms with Gasteiger partial charge in [0.15, 0.2) is 0 Å². The van der Waals surface area contributed by atoms with E-state index in [1.807, 2.05) is 6.92 Å². The summed E-state index contributed by atoms with van der Waals surface area (Å²) in [7, 11) is 0. The number of carbonyl (C=O) groups is 1. The Morgan fingerprint density at radius 2 is 1.67 bits per heavy atom. The van der Waals surface area contributed by atoms with E-state index in [4.69, 9.17) is 5.73 Å². The zero-order chi connectivity index (χ0) is 13.9. The van der Waals surface area contributed by atoms with Crippen molar-refractivity contribution < 1.29 is 4.79 Å². The first kappa shape index (κ1) is 14.7. The van der Waals surface area contributed by atoms with Crippen LogP contribution in [0.2, 0.25) is 0 Å². The van der Waals surface area contributed by atoms with Gasteiger partial charge < -0.3 is 5.73 Å². The number of benzene rings is 1. The fourth-order valence-electron chi connectivity index (χ4n) is 1.83. The summed E-state index contributed by atoms with van der Waals surface area (Å²) in [5.74, 6) is -0.326. The lowest BCUT2D eigenvalue weighted by atomic mass is 9.86. The lowest BCUT2D eigenvalue weighted by molar-refractivity contribution is -0.119. The smallest absolute Gasteiger partial charge is 0.234 e. The molecule has 0 fully saturated rings. The molecule has 0 bridgehead atoms. The van der Waals surface area contributed by atoms with Crippen LogP contribution in [0.25, 0.3) is 0 Å². The molecular weight excluding hydrogens is 224 g/mol. The van der Waals surface area contributed by atoms with Gasteiger partial charge in [0.05, 0.1) is 6.04 Å². The molecule has 0 heterocycles. The first-order valence-electron chi connectivity index (χ1n) is 6.37. The number of amides is 1. The molecule has 3 N–H and O–H groups in total. The summed E-state index contributed by atoms with van der Waals surface area (Å²) in [5.41, 5.74) is 7.87. The molecule has 2 atom stereocenters. The van der Waals surface area contributed by atoms with Gasteiger partial charge in [-0.25, -0.2) is 0 Å². The first-order chi connectivity index (χ1) is 8.21. The molecule has 0 saturated carbocycles. The number of nitrogens with one attached hydrogen (secondary N) is 1. The van der Waals surface area contributed by atoms with E-state index in [1.54, 1.807) is 6.92 Å². The summed E-state index contributed by atoms with van der Waals surface area (Å²) in [6.07, 6.45) is 0. The van der Waals surface area contributed by atoms with Crippen LogP contribution in [0.5, 0.6) is 0 Å². The summed E-state index contributed by atoms with van der Waals surface area (Å²) < 4.78 is 0. The van der Waals surface area contributed by atoms with E-state index in [-0.39, 0.29) is 23.4 Å². The predicted octanol–water partition coefficient (Wildman–Crippen LogP) is 2.51. The number of hydrogen-bond donors (Lipinski definition) is 2. The second-order valence-electron chi connectivity index (χ2n) is 5.88. The van der Waals surface area contributed by atoms with Gasteiger partial charge in [-0.15, -0.1) is 0 Å². The van der Waals surface area contributed by atoms with Crippen molar-refractivity contribution in [1.82, 2.24) is 5.32 Å². The predicted molar refractivity (Wildman–Crippen MR) is 75.3 cm³/mol. The van der Waals surface area contributed by atoms with Crippen molar-refractivity contribution in [2.75, 3.05) is 0 Å². The van der Waals surface area contributed by atoms with E-state index in [2.05, 4.69) is 50.4 Å². The van der Waals surface area contributed by atoms with E-state index in [0.29, 0.717) is 0 Å². The minimum absolute atomic E-state index is 0.113. The van der Waals surface area contributed by atoms with Crippen LogP contribution in [-0.4, -0.2) is 11.9 Å². The Kier molecular flexibility index (Phi) is 4.52. The number of rotatable bonds is 4. The van der Waals surface area contributed by atoms with E-state index in [9.17, 15) is 4.79 Å². The molecule has 0 spiro atoms. The number of primary amides is 1. The topological polar surface area (TPSA) is 55.1 Å². The maximum atomic E-state index is 11.0. The van der Waals surface area contributed by atoms with Crippen molar-refractivity contribution >= 4 is 5.91 Å². The van der Waals surface area contributed by atoms with Crippen molar-refractivity contribution in [3.63, 3.8) is 0 Å². The second-order valence-corrected chi connectivity index (χ2v) is 5.88. The Labute approximate surface area is 110 Å². The molecule has 1 rings (SSSR count). The second kappa shape index (κ2) is 5.53. The molecule has 0 saturated heterocycles. The zero-order valence-corrected chi connectivity index (χ0v) is 11.9. The van der Waals surface area contributed by atoms with Crippen LogP contribution >= 0.6 is 0 Å². The van der Waals surface area contributed by atoms with Crippen LogP contribution in [0.1, 0.15) is 51.8 Å². The van der Waals surface area contributed by atoms with Gasteiger partial charge in [0.25, 0.3) is 0 Å². The highest BCUT2D eigenvalue weighted by Gasteiger charge is 2.16. The fourth-order valence-corrected chi connectivity index (χ4v) is 1.83. The van der Waals surface area contributed by atoms with Crippen molar-refractivity contribution in [2.45, 2.75) is 52.1 Å². The quantitative estimate of drug-likeness (QED) is 0.860. The van der Waals surface area contributed by atoms with Gasteiger partial charge in [-0.2, -0.15) is 0 Å². The Bertz CT molecular complexity index is 403. The Morgan fingerprint density at radius 3 is 2.06 bits per heavy atom. The van der Waals surface area contributed by atoms with E-state index in [0.717, 1.165) is 5.56 Å². The molecule has 0 aromatic heterocycles. The summed E-state index contributed by atoms with van der Waals surface area (Å²) in [5, 5.41) is 3.18. The average molecular weight is 248 g/mol. The van der Waals surface area contributed by atoms with Gasteiger partial charge in [-0.1, -0.05) is 45.0 Å². The normalized spacial score (nSPS) is 15.2. The zero-order valence-electron chi connectivity index (χ0n) is 11.9. The molecule has 1 aromatic rings. The van der Waals surface area contributed by atoms with Gasteiger partial charge in [0.1, 0.15) is 0 Å². The maximum Gasteiger partial charge on any atom is 0.234 e. The lowest BCUT2D eigenvalue weighted by Crippen LogP contribution is -2.40. The van der Waals surface area contributed by atoms with Gasteiger partial charge in [0.2, 0.25) is 5.91 Å². The molecule has 3 heteroatoms. The van der Waals surface area contributed by atoms with Crippen molar-refractivity contribution in [3.05, 3.63) is 35.4 Å². The lowest BCUT2D eigenvalue weighted by Gasteiger charge is -2.21. The monoisotopic (exact) mass is 248 g/mol. The molecule has 18 heavy (non-hydrogen) atoms. The van der Waals surface area contributed by atoms with Crippen molar-refractivity contribution in [3.8, 4) is 0 Å². The largest absolute Gasteiger partial charge is 0.368 e.